The molecule has 2 rings (SSSR count). The quantitative estimate of drug-likeness (QED) is 0.777. The predicted molar refractivity (Wildman–Crippen MR) is 55.4 cm³/mol. The lowest BCUT2D eigenvalue weighted by molar-refractivity contribution is 0.0772. The fourth-order valence-corrected chi connectivity index (χ4v) is 2.58. The molecule has 1 unspecified atom stereocenters. The van der Waals surface area contributed by atoms with Gasteiger partial charge in [0.15, 0.2) is 0 Å². The van der Waals surface area contributed by atoms with Crippen molar-refractivity contribution >= 4 is 11.3 Å². The van der Waals surface area contributed by atoms with E-state index in [0.29, 0.717) is 6.04 Å². The summed E-state index contributed by atoms with van der Waals surface area (Å²) in [6, 6.07) is 2.70. The molecule has 2 heterocycles. The van der Waals surface area contributed by atoms with Crippen molar-refractivity contribution in [2.45, 2.75) is 19.4 Å². The molecule has 0 saturated carbocycles. The van der Waals surface area contributed by atoms with Gasteiger partial charge in [-0.25, -0.2) is 0 Å². The van der Waals surface area contributed by atoms with Crippen LogP contribution in [-0.2, 0) is 11.2 Å². The first-order valence-corrected chi connectivity index (χ1v) is 5.58. The van der Waals surface area contributed by atoms with E-state index in [1.165, 1.54) is 10.4 Å². The van der Waals surface area contributed by atoms with E-state index in [0.717, 1.165) is 26.2 Å². The molecular formula is C10H15NOS. The minimum atomic E-state index is 0.520. The minimum Gasteiger partial charge on any atom is -0.379 e. The topological polar surface area (TPSA) is 21.3 Å². The van der Waals surface area contributed by atoms with Gasteiger partial charge in [-0.15, -0.1) is 11.3 Å². The summed E-state index contributed by atoms with van der Waals surface area (Å²) in [4.78, 5) is 1.49. The van der Waals surface area contributed by atoms with Crippen molar-refractivity contribution < 1.29 is 4.74 Å². The highest BCUT2D eigenvalue weighted by Gasteiger charge is 2.14. The van der Waals surface area contributed by atoms with Gasteiger partial charge < -0.3 is 10.1 Å². The molecule has 1 atom stereocenters. The lowest BCUT2D eigenvalue weighted by atomic mass is 10.1. The highest BCUT2D eigenvalue weighted by atomic mass is 32.1. The molecule has 3 heteroatoms. The molecule has 0 amide bonds. The average Bonchev–Trinajstić information content (AvgIpc) is 2.54. The molecular weight excluding hydrogens is 182 g/mol. The summed E-state index contributed by atoms with van der Waals surface area (Å²) in [5.41, 5.74) is 1.41. The second-order valence-corrected chi connectivity index (χ2v) is 4.46. The molecule has 1 saturated heterocycles. The molecule has 2 nitrogen and oxygen atoms in total. The van der Waals surface area contributed by atoms with E-state index in [4.69, 9.17) is 4.74 Å². The van der Waals surface area contributed by atoms with Crippen molar-refractivity contribution in [3.05, 3.63) is 21.9 Å². The van der Waals surface area contributed by atoms with Crippen LogP contribution in [0.5, 0.6) is 0 Å². The van der Waals surface area contributed by atoms with Crippen molar-refractivity contribution in [1.82, 2.24) is 5.32 Å². The third-order valence-corrected chi connectivity index (χ3v) is 3.44. The first kappa shape index (κ1) is 9.19. The summed E-state index contributed by atoms with van der Waals surface area (Å²) < 4.78 is 5.41. The summed E-state index contributed by atoms with van der Waals surface area (Å²) in [6.45, 7) is 4.89. The van der Waals surface area contributed by atoms with Crippen LogP contribution in [0.15, 0.2) is 11.4 Å². The third kappa shape index (κ3) is 2.30. The first-order chi connectivity index (χ1) is 6.36. The fraction of sp³-hybridized carbons (Fsp3) is 0.600. The van der Waals surface area contributed by atoms with Gasteiger partial charge in [0.1, 0.15) is 0 Å². The Labute approximate surface area is 82.9 Å². The van der Waals surface area contributed by atoms with E-state index in [-0.39, 0.29) is 0 Å². The number of nitrogens with one attached hydrogen (secondary N) is 1. The van der Waals surface area contributed by atoms with Crippen molar-refractivity contribution in [2.75, 3.05) is 19.8 Å². The molecule has 0 radical (unpaired) electrons. The van der Waals surface area contributed by atoms with Gasteiger partial charge in [-0.05, 0) is 30.4 Å². The number of thiophene rings is 1. The molecule has 1 aliphatic heterocycles. The van der Waals surface area contributed by atoms with Crippen LogP contribution < -0.4 is 5.32 Å². The summed E-state index contributed by atoms with van der Waals surface area (Å²) in [6.07, 6.45) is 1.11. The van der Waals surface area contributed by atoms with E-state index < -0.39 is 0 Å². The highest BCUT2D eigenvalue weighted by molar-refractivity contribution is 7.10. The average molecular weight is 197 g/mol. The molecule has 13 heavy (non-hydrogen) atoms. The van der Waals surface area contributed by atoms with Gasteiger partial charge in [-0.2, -0.15) is 0 Å². The highest BCUT2D eigenvalue weighted by Crippen LogP contribution is 2.17. The van der Waals surface area contributed by atoms with Gasteiger partial charge in [0, 0.05) is 17.5 Å². The maximum atomic E-state index is 5.41. The molecule has 0 spiro atoms. The van der Waals surface area contributed by atoms with Crippen LogP contribution in [0, 0.1) is 6.92 Å². The van der Waals surface area contributed by atoms with Crippen LogP contribution in [0.25, 0.3) is 0 Å². The van der Waals surface area contributed by atoms with E-state index in [9.17, 15) is 0 Å². The Morgan fingerprint density at radius 1 is 1.69 bits per heavy atom. The number of morpholine rings is 1. The molecule has 72 valence electrons. The monoisotopic (exact) mass is 197 g/mol. The summed E-state index contributed by atoms with van der Waals surface area (Å²) in [5.74, 6) is 0. The maximum Gasteiger partial charge on any atom is 0.0623 e. The number of aryl methyl sites for hydroxylation is 1. The molecule has 0 aromatic carbocycles. The lowest BCUT2D eigenvalue weighted by Gasteiger charge is -2.23. The van der Waals surface area contributed by atoms with Gasteiger partial charge in [-0.1, -0.05) is 0 Å². The van der Waals surface area contributed by atoms with Crippen LogP contribution in [-0.4, -0.2) is 25.8 Å². The zero-order valence-electron chi connectivity index (χ0n) is 7.88. The summed E-state index contributed by atoms with van der Waals surface area (Å²) >= 11 is 1.85. The largest absolute Gasteiger partial charge is 0.379 e. The zero-order valence-corrected chi connectivity index (χ0v) is 8.69. The normalized spacial score (nSPS) is 23.3. The van der Waals surface area contributed by atoms with Gasteiger partial charge >= 0.3 is 0 Å². The zero-order chi connectivity index (χ0) is 9.10. The van der Waals surface area contributed by atoms with Gasteiger partial charge in [0.2, 0.25) is 0 Å². The number of ether oxygens (including phenoxy) is 1. The van der Waals surface area contributed by atoms with Crippen LogP contribution >= 0.6 is 11.3 Å². The molecule has 1 aromatic rings. The summed E-state index contributed by atoms with van der Waals surface area (Å²) in [5, 5.41) is 5.63. The molecule has 1 aromatic heterocycles. The smallest absolute Gasteiger partial charge is 0.0623 e. The Morgan fingerprint density at radius 2 is 2.62 bits per heavy atom. The Kier molecular flexibility index (Phi) is 2.98. The summed E-state index contributed by atoms with van der Waals surface area (Å²) in [7, 11) is 0. The van der Waals surface area contributed by atoms with Gasteiger partial charge in [0.05, 0.1) is 13.2 Å². The standard InChI is InChI=1S/C10H15NOS/c1-8-2-5-13-10(8)6-9-7-12-4-3-11-9/h2,5,9,11H,3-4,6-7H2,1H3. The Hall–Kier alpha value is -0.380. The van der Waals surface area contributed by atoms with E-state index in [1.54, 1.807) is 0 Å². The molecule has 1 N–H and O–H groups in total. The molecule has 0 bridgehead atoms. The van der Waals surface area contributed by atoms with Crippen LogP contribution in [0.3, 0.4) is 0 Å². The number of hydrogen-bond donors (Lipinski definition) is 1. The second-order valence-electron chi connectivity index (χ2n) is 3.46. The van der Waals surface area contributed by atoms with Crippen molar-refractivity contribution in [1.29, 1.82) is 0 Å². The third-order valence-electron chi connectivity index (χ3n) is 2.40. The molecule has 1 aliphatic rings. The fourth-order valence-electron chi connectivity index (χ4n) is 1.59. The van der Waals surface area contributed by atoms with Crippen LogP contribution in [0.2, 0.25) is 0 Å². The number of hydrogen-bond acceptors (Lipinski definition) is 3. The van der Waals surface area contributed by atoms with Gasteiger partial charge in [0.25, 0.3) is 0 Å². The van der Waals surface area contributed by atoms with Crippen LogP contribution in [0.1, 0.15) is 10.4 Å². The van der Waals surface area contributed by atoms with Crippen molar-refractivity contribution in [3.8, 4) is 0 Å². The maximum absolute atomic E-state index is 5.41. The lowest BCUT2D eigenvalue weighted by Crippen LogP contribution is -2.42. The van der Waals surface area contributed by atoms with Gasteiger partial charge in [-0.3, -0.25) is 0 Å². The molecule has 0 aliphatic carbocycles. The van der Waals surface area contributed by atoms with Crippen molar-refractivity contribution in [2.24, 2.45) is 0 Å². The Morgan fingerprint density at radius 3 is 3.23 bits per heavy atom. The Balaban J connectivity index is 1.93. The van der Waals surface area contributed by atoms with Crippen LogP contribution in [0.4, 0.5) is 0 Å². The number of rotatable bonds is 2. The van der Waals surface area contributed by atoms with E-state index in [1.807, 2.05) is 11.3 Å². The van der Waals surface area contributed by atoms with E-state index >= 15 is 0 Å². The Bertz CT molecular complexity index is 266. The first-order valence-electron chi connectivity index (χ1n) is 4.70. The second kappa shape index (κ2) is 4.22. The predicted octanol–water partition coefficient (Wildman–Crippen LogP) is 1.59. The minimum absolute atomic E-state index is 0.520. The SMILES string of the molecule is Cc1ccsc1CC1COCCN1. The molecule has 1 fully saturated rings. The van der Waals surface area contributed by atoms with Crippen molar-refractivity contribution in [3.63, 3.8) is 0 Å². The van der Waals surface area contributed by atoms with E-state index in [2.05, 4.69) is 23.7 Å².